The first-order valence-corrected chi connectivity index (χ1v) is 12.5. The van der Waals surface area contributed by atoms with E-state index in [1.165, 1.54) is 22.7 Å². The lowest BCUT2D eigenvalue weighted by atomic mass is 10.1. The molecule has 0 spiro atoms. The van der Waals surface area contributed by atoms with Crippen molar-refractivity contribution in [1.29, 1.82) is 0 Å². The molecule has 1 saturated carbocycles. The Morgan fingerprint density at radius 2 is 1.84 bits per heavy atom. The van der Waals surface area contributed by atoms with Crippen LogP contribution in [-0.4, -0.2) is 34.6 Å². The largest absolute Gasteiger partial charge is 0.352 e. The molecule has 1 aliphatic carbocycles. The number of carbonyl (C=O) groups excluding carboxylic acids is 2. The minimum Gasteiger partial charge on any atom is -0.352 e. The number of nitrogens with one attached hydrogen (secondary N) is 1. The second kappa shape index (κ2) is 11.7. The van der Waals surface area contributed by atoms with Crippen LogP contribution in [0.3, 0.4) is 0 Å². The molecule has 0 bridgehead atoms. The molecule has 1 N–H and O–H groups in total. The monoisotopic (exact) mass is 506 g/mol. The molecule has 0 aromatic heterocycles. The molecule has 1 aliphatic rings. The Balaban J connectivity index is 1.66. The standard InChI is InChI=1S/C24H28BrFN2O2S/c1-17(24(30)27-21-7-3-4-8-21)28(14-19-6-2-5-9-22(19)26)23(29)16-31-15-18-10-12-20(25)13-11-18/h2,5-6,9-13,17,21H,3-4,7-8,14-16H2,1H3,(H,27,30)/t17-/m0/s1. The lowest BCUT2D eigenvalue weighted by Crippen LogP contribution is -2.50. The van der Waals surface area contributed by atoms with Gasteiger partial charge in [-0.3, -0.25) is 9.59 Å². The Morgan fingerprint density at radius 3 is 2.52 bits per heavy atom. The van der Waals surface area contributed by atoms with Gasteiger partial charge in [-0.15, -0.1) is 11.8 Å². The molecular formula is C24H28BrFN2O2S. The lowest BCUT2D eigenvalue weighted by Gasteiger charge is -2.29. The van der Waals surface area contributed by atoms with E-state index in [0.717, 1.165) is 35.7 Å². The maximum Gasteiger partial charge on any atom is 0.242 e. The predicted molar refractivity (Wildman–Crippen MR) is 127 cm³/mol. The quantitative estimate of drug-likeness (QED) is 0.502. The zero-order valence-corrected chi connectivity index (χ0v) is 20.1. The minimum atomic E-state index is -0.666. The Labute approximate surface area is 196 Å². The second-order valence-corrected chi connectivity index (χ2v) is 9.80. The van der Waals surface area contributed by atoms with Crippen LogP contribution in [0.2, 0.25) is 0 Å². The van der Waals surface area contributed by atoms with Crippen molar-refractivity contribution in [3.8, 4) is 0 Å². The average Bonchev–Trinajstić information content (AvgIpc) is 3.27. The normalized spacial score (nSPS) is 14.9. The van der Waals surface area contributed by atoms with Gasteiger partial charge in [0.1, 0.15) is 11.9 Å². The number of halogens is 2. The maximum absolute atomic E-state index is 14.3. The number of benzene rings is 2. The minimum absolute atomic E-state index is 0.0730. The van der Waals surface area contributed by atoms with Crippen molar-refractivity contribution in [1.82, 2.24) is 10.2 Å². The molecule has 7 heteroatoms. The van der Waals surface area contributed by atoms with Gasteiger partial charge in [0.2, 0.25) is 11.8 Å². The van der Waals surface area contributed by atoms with Crippen molar-refractivity contribution in [2.24, 2.45) is 0 Å². The number of hydrogen-bond donors (Lipinski definition) is 1. The van der Waals surface area contributed by atoms with Crippen molar-refractivity contribution in [2.75, 3.05) is 5.75 Å². The Bertz CT molecular complexity index is 887. The molecular weight excluding hydrogens is 479 g/mol. The zero-order valence-electron chi connectivity index (χ0n) is 17.7. The summed E-state index contributed by atoms with van der Waals surface area (Å²) in [5, 5.41) is 3.06. The van der Waals surface area contributed by atoms with E-state index in [4.69, 9.17) is 0 Å². The van der Waals surface area contributed by atoms with Crippen molar-refractivity contribution in [2.45, 2.75) is 57.0 Å². The molecule has 3 rings (SSSR count). The highest BCUT2D eigenvalue weighted by Gasteiger charge is 2.28. The van der Waals surface area contributed by atoms with Crippen molar-refractivity contribution in [3.63, 3.8) is 0 Å². The first-order chi connectivity index (χ1) is 14.9. The molecule has 0 unspecified atom stereocenters. The number of carbonyl (C=O) groups is 2. The summed E-state index contributed by atoms with van der Waals surface area (Å²) in [4.78, 5) is 27.4. The summed E-state index contributed by atoms with van der Waals surface area (Å²) in [6.07, 6.45) is 4.18. The van der Waals surface area contributed by atoms with Gasteiger partial charge in [-0.1, -0.05) is 59.1 Å². The van der Waals surface area contributed by atoms with Crippen molar-refractivity contribution in [3.05, 3.63) is 69.9 Å². The summed E-state index contributed by atoms with van der Waals surface area (Å²) in [5.74, 6) is 0.209. The molecule has 0 heterocycles. The molecule has 4 nitrogen and oxygen atoms in total. The highest BCUT2D eigenvalue weighted by Crippen LogP contribution is 2.20. The van der Waals surface area contributed by atoms with Crippen molar-refractivity contribution >= 4 is 39.5 Å². The lowest BCUT2D eigenvalue weighted by molar-refractivity contribution is -0.139. The Hall–Kier alpha value is -1.86. The van der Waals surface area contributed by atoms with Crippen LogP contribution in [0.15, 0.2) is 53.0 Å². The van der Waals surface area contributed by atoms with Crippen LogP contribution in [0, 0.1) is 5.82 Å². The van der Waals surface area contributed by atoms with Crippen LogP contribution in [0.1, 0.15) is 43.7 Å². The highest BCUT2D eigenvalue weighted by atomic mass is 79.9. The maximum atomic E-state index is 14.3. The molecule has 31 heavy (non-hydrogen) atoms. The fraction of sp³-hybridized carbons (Fsp3) is 0.417. The zero-order chi connectivity index (χ0) is 22.2. The first kappa shape index (κ1) is 23.8. The molecule has 2 aromatic carbocycles. The van der Waals surface area contributed by atoms with Gasteiger partial charge in [0.25, 0.3) is 0 Å². The number of rotatable bonds is 9. The van der Waals surface area contributed by atoms with E-state index in [-0.39, 0.29) is 36.0 Å². The third-order valence-corrected chi connectivity index (χ3v) is 7.09. The molecule has 2 aromatic rings. The van der Waals surface area contributed by atoms with Gasteiger partial charge in [-0.25, -0.2) is 4.39 Å². The summed E-state index contributed by atoms with van der Waals surface area (Å²) in [7, 11) is 0. The number of amides is 2. The summed E-state index contributed by atoms with van der Waals surface area (Å²) < 4.78 is 15.3. The number of thioether (sulfide) groups is 1. The van der Waals surface area contributed by atoms with Gasteiger partial charge in [0.05, 0.1) is 5.75 Å². The smallest absolute Gasteiger partial charge is 0.242 e. The molecule has 0 aliphatic heterocycles. The van der Waals surface area contributed by atoms with E-state index < -0.39 is 6.04 Å². The SMILES string of the molecule is C[C@@H](C(=O)NC1CCCC1)N(Cc1ccccc1F)C(=O)CSCc1ccc(Br)cc1. The van der Waals surface area contributed by atoms with Crippen LogP contribution < -0.4 is 5.32 Å². The summed E-state index contributed by atoms with van der Waals surface area (Å²) in [6, 6.07) is 13.9. The third kappa shape index (κ3) is 7.07. The topological polar surface area (TPSA) is 49.4 Å². The van der Waals surface area contributed by atoms with E-state index in [1.807, 2.05) is 24.3 Å². The molecule has 1 atom stereocenters. The van der Waals surface area contributed by atoms with E-state index in [2.05, 4.69) is 21.2 Å². The Morgan fingerprint density at radius 1 is 1.16 bits per heavy atom. The van der Waals surface area contributed by atoms with Crippen LogP contribution in [0.25, 0.3) is 0 Å². The number of nitrogens with zero attached hydrogens (tertiary/aromatic N) is 1. The van der Waals surface area contributed by atoms with Crippen LogP contribution in [0.4, 0.5) is 4.39 Å². The fourth-order valence-electron chi connectivity index (χ4n) is 3.70. The Kier molecular flexibility index (Phi) is 8.96. The van der Waals surface area contributed by atoms with E-state index >= 15 is 0 Å². The van der Waals surface area contributed by atoms with Crippen molar-refractivity contribution < 1.29 is 14.0 Å². The van der Waals surface area contributed by atoms with Crippen LogP contribution in [0.5, 0.6) is 0 Å². The molecule has 166 valence electrons. The summed E-state index contributed by atoms with van der Waals surface area (Å²) in [5.41, 5.74) is 1.53. The fourth-order valence-corrected chi connectivity index (χ4v) is 4.84. The van der Waals surface area contributed by atoms with Gasteiger partial charge >= 0.3 is 0 Å². The van der Waals surface area contributed by atoms with E-state index in [9.17, 15) is 14.0 Å². The highest BCUT2D eigenvalue weighted by molar-refractivity contribution is 9.10. The van der Waals surface area contributed by atoms with Gasteiger partial charge in [0, 0.05) is 28.4 Å². The van der Waals surface area contributed by atoms with Crippen LogP contribution >= 0.6 is 27.7 Å². The molecule has 1 fully saturated rings. The van der Waals surface area contributed by atoms with Crippen LogP contribution in [-0.2, 0) is 21.9 Å². The van der Waals surface area contributed by atoms with Gasteiger partial charge < -0.3 is 10.2 Å². The average molecular weight is 507 g/mol. The summed E-state index contributed by atoms with van der Waals surface area (Å²) in [6.45, 7) is 1.80. The third-order valence-electron chi connectivity index (χ3n) is 5.57. The molecule has 0 radical (unpaired) electrons. The predicted octanol–water partition coefficient (Wildman–Crippen LogP) is 5.30. The second-order valence-electron chi connectivity index (χ2n) is 7.90. The number of hydrogen-bond acceptors (Lipinski definition) is 3. The first-order valence-electron chi connectivity index (χ1n) is 10.6. The molecule has 2 amide bonds. The van der Waals surface area contributed by atoms with Gasteiger partial charge in [0.15, 0.2) is 0 Å². The van der Waals surface area contributed by atoms with E-state index in [1.54, 1.807) is 25.1 Å². The molecule has 0 saturated heterocycles. The summed E-state index contributed by atoms with van der Waals surface area (Å²) >= 11 is 4.91. The van der Waals surface area contributed by atoms with Gasteiger partial charge in [-0.05, 0) is 43.5 Å². The van der Waals surface area contributed by atoms with E-state index in [0.29, 0.717) is 11.3 Å². The van der Waals surface area contributed by atoms with Gasteiger partial charge in [-0.2, -0.15) is 0 Å².